The van der Waals surface area contributed by atoms with E-state index in [-0.39, 0.29) is 30.5 Å². The second-order valence-corrected chi connectivity index (χ2v) is 14.7. The van der Waals surface area contributed by atoms with E-state index in [1.54, 1.807) is 7.05 Å². The van der Waals surface area contributed by atoms with Gasteiger partial charge in [-0.25, -0.2) is 18.0 Å². The van der Waals surface area contributed by atoms with Crippen LogP contribution in [0.15, 0.2) is 4.52 Å². The van der Waals surface area contributed by atoms with Crippen LogP contribution in [-0.2, 0) is 5.41 Å². The van der Waals surface area contributed by atoms with Gasteiger partial charge in [-0.3, -0.25) is 9.80 Å². The molecule has 0 radical (unpaired) electrons. The summed E-state index contributed by atoms with van der Waals surface area (Å²) >= 11 is 0. The Kier molecular flexibility index (Phi) is 8.78. The monoisotopic (exact) mass is 608 g/mol. The van der Waals surface area contributed by atoms with Crippen molar-refractivity contribution in [1.82, 2.24) is 29.7 Å². The predicted octanol–water partition coefficient (Wildman–Crippen LogP) is 5.83. The number of likely N-dealkylation sites (N-methyl/N-ethyl adjacent to an activating group) is 1. The third-order valence-electron chi connectivity index (χ3n) is 11.5. The fraction of sp³-hybridized carbons (Fsp3) is 0.906. The van der Waals surface area contributed by atoms with Crippen LogP contribution < -0.4 is 0 Å². The van der Waals surface area contributed by atoms with Crippen LogP contribution >= 0.6 is 0 Å². The molecule has 43 heavy (non-hydrogen) atoms. The van der Waals surface area contributed by atoms with Crippen LogP contribution in [0, 0.1) is 5.92 Å². The number of aromatic nitrogens is 2. The summed E-state index contributed by atoms with van der Waals surface area (Å²) in [4.78, 5) is 27.0. The fourth-order valence-corrected chi connectivity index (χ4v) is 8.60. The zero-order valence-electron chi connectivity index (χ0n) is 26.5. The molecule has 0 N–H and O–H groups in total. The smallest absolute Gasteiger partial charge is 0.320 e. The quantitative estimate of drug-likeness (QED) is 0.405. The first-order valence-electron chi connectivity index (χ1n) is 16.9. The highest BCUT2D eigenvalue weighted by Gasteiger charge is 2.54. The highest BCUT2D eigenvalue weighted by molar-refractivity contribution is 5.75. The lowest BCUT2D eigenvalue weighted by atomic mass is 9.70. The van der Waals surface area contributed by atoms with Crippen LogP contribution in [0.1, 0.15) is 109 Å². The number of hydrogen-bond donors (Lipinski definition) is 0. The predicted molar refractivity (Wildman–Crippen MR) is 158 cm³/mol. The number of rotatable bonds is 6. The standard InChI is InChI=1S/C32H51F3N6O2/c1-21(2)39-15-17-40(18-16-39)25-11-8-12-32(34,35)27(25)38(4)30(42)41-14-13-31(3,20-26(41)22-9-6-5-7-10-22)29-36-28(43-37-29)23-19-24(23)33/h21-27H,5-20H2,1-4H3/t23-,24+,25+,26?,27-,31?/m1/s1. The van der Waals surface area contributed by atoms with Crippen LogP contribution in [0.2, 0.25) is 0 Å². The number of nitrogens with zero attached hydrogens (tertiary/aromatic N) is 6. The highest BCUT2D eigenvalue weighted by Crippen LogP contribution is 2.46. The molecule has 3 saturated carbocycles. The number of carbonyl (C=O) groups excluding carboxylic acids is 1. The van der Waals surface area contributed by atoms with Crippen molar-refractivity contribution in [2.24, 2.45) is 5.92 Å². The Hall–Kier alpha value is -1.88. The Labute approximate surface area is 254 Å². The van der Waals surface area contributed by atoms with Gasteiger partial charge in [-0.2, -0.15) is 4.98 Å². The van der Waals surface area contributed by atoms with Gasteiger partial charge >= 0.3 is 6.03 Å². The van der Waals surface area contributed by atoms with Crippen LogP contribution in [0.4, 0.5) is 18.0 Å². The minimum Gasteiger partial charge on any atom is -0.339 e. The lowest BCUT2D eigenvalue weighted by Crippen LogP contribution is -2.67. The van der Waals surface area contributed by atoms with Gasteiger partial charge in [0.2, 0.25) is 5.89 Å². The van der Waals surface area contributed by atoms with Gasteiger partial charge in [0, 0.05) is 69.7 Å². The molecule has 6 rings (SSSR count). The van der Waals surface area contributed by atoms with E-state index in [1.165, 1.54) is 11.3 Å². The SMILES string of the molecule is CC(C)N1CCN([C@H]2CCCC(F)(F)[C@@H]2N(C)C(=O)N2CCC(C)(c3noc([C@@H]4C[C@@H]4F)n3)CC2C2CCCCC2)CC1. The number of hydrogen-bond acceptors (Lipinski definition) is 6. The van der Waals surface area contributed by atoms with Crippen molar-refractivity contribution < 1.29 is 22.5 Å². The molecule has 6 atom stereocenters. The van der Waals surface area contributed by atoms with E-state index in [2.05, 4.69) is 40.7 Å². The first-order valence-corrected chi connectivity index (χ1v) is 16.9. The van der Waals surface area contributed by atoms with E-state index in [4.69, 9.17) is 4.52 Å². The molecule has 1 aromatic heterocycles. The minimum atomic E-state index is -2.94. The maximum atomic E-state index is 15.9. The van der Waals surface area contributed by atoms with Gasteiger partial charge in [0.05, 0.1) is 5.92 Å². The largest absolute Gasteiger partial charge is 0.339 e. The molecule has 0 aromatic carbocycles. The van der Waals surface area contributed by atoms with Crippen LogP contribution in [0.5, 0.6) is 0 Å². The average Bonchev–Trinajstić information content (AvgIpc) is 3.51. The van der Waals surface area contributed by atoms with E-state index in [9.17, 15) is 9.18 Å². The minimum absolute atomic E-state index is 0.0870. The van der Waals surface area contributed by atoms with E-state index < -0.39 is 23.6 Å². The maximum absolute atomic E-state index is 15.9. The molecule has 5 fully saturated rings. The second kappa shape index (κ2) is 12.1. The number of alkyl halides is 3. The van der Waals surface area contributed by atoms with Crippen molar-refractivity contribution in [3.63, 3.8) is 0 Å². The van der Waals surface area contributed by atoms with Gasteiger partial charge in [0.15, 0.2) is 5.82 Å². The van der Waals surface area contributed by atoms with Crippen LogP contribution in [0.25, 0.3) is 0 Å². The summed E-state index contributed by atoms with van der Waals surface area (Å²) in [5.41, 5.74) is -0.423. The summed E-state index contributed by atoms with van der Waals surface area (Å²) in [5.74, 6) is -1.97. The second-order valence-electron chi connectivity index (χ2n) is 14.7. The molecule has 1 aromatic rings. The van der Waals surface area contributed by atoms with Crippen molar-refractivity contribution in [3.8, 4) is 0 Å². The van der Waals surface area contributed by atoms with E-state index in [1.807, 2.05) is 4.90 Å². The van der Waals surface area contributed by atoms with Crippen LogP contribution in [0.3, 0.4) is 0 Å². The number of carbonyl (C=O) groups is 1. The van der Waals surface area contributed by atoms with Gasteiger partial charge in [-0.15, -0.1) is 0 Å². The van der Waals surface area contributed by atoms with Gasteiger partial charge in [-0.05, 0) is 64.7 Å². The normalized spacial score (nSPS) is 36.2. The first-order chi connectivity index (χ1) is 20.5. The Morgan fingerprint density at radius 3 is 2.35 bits per heavy atom. The fourth-order valence-electron chi connectivity index (χ4n) is 8.60. The van der Waals surface area contributed by atoms with E-state index >= 15 is 8.78 Å². The molecule has 3 aliphatic carbocycles. The van der Waals surface area contributed by atoms with E-state index in [0.717, 1.165) is 51.9 Å². The molecule has 2 amide bonds. The van der Waals surface area contributed by atoms with Crippen LogP contribution in [-0.4, -0.2) is 112 Å². The van der Waals surface area contributed by atoms with Gasteiger partial charge in [-0.1, -0.05) is 31.3 Å². The Morgan fingerprint density at radius 2 is 1.70 bits per heavy atom. The lowest BCUT2D eigenvalue weighted by Gasteiger charge is -2.52. The van der Waals surface area contributed by atoms with Crippen molar-refractivity contribution in [2.45, 2.75) is 139 Å². The topological polar surface area (TPSA) is 69.0 Å². The number of urea groups is 1. The Morgan fingerprint density at radius 1 is 1.00 bits per heavy atom. The summed E-state index contributed by atoms with van der Waals surface area (Å²) in [6.07, 6.45) is 7.25. The molecule has 2 unspecified atom stereocenters. The molecular formula is C32H51F3N6O2. The summed E-state index contributed by atoms with van der Waals surface area (Å²) in [7, 11) is 1.61. The molecule has 0 spiro atoms. The zero-order valence-corrected chi connectivity index (χ0v) is 26.5. The molecule has 2 saturated heterocycles. The molecule has 2 aliphatic heterocycles. The molecule has 0 bridgehead atoms. The summed E-state index contributed by atoms with van der Waals surface area (Å²) in [5, 5.41) is 4.29. The average molecular weight is 609 g/mol. The summed E-state index contributed by atoms with van der Waals surface area (Å²) in [6, 6.07) is -1.43. The molecule has 11 heteroatoms. The first kappa shape index (κ1) is 31.1. The molecule has 8 nitrogen and oxygen atoms in total. The third kappa shape index (κ3) is 6.18. The molecule has 242 valence electrons. The van der Waals surface area contributed by atoms with Crippen molar-refractivity contribution in [2.75, 3.05) is 39.8 Å². The number of piperidine rings is 1. The molecule has 3 heterocycles. The van der Waals surface area contributed by atoms with Crippen molar-refractivity contribution in [1.29, 1.82) is 0 Å². The third-order valence-corrected chi connectivity index (χ3v) is 11.5. The summed E-state index contributed by atoms with van der Waals surface area (Å²) < 4.78 is 50.9. The Balaban J connectivity index is 1.22. The van der Waals surface area contributed by atoms with E-state index in [0.29, 0.717) is 62.3 Å². The maximum Gasteiger partial charge on any atom is 0.320 e. The highest BCUT2D eigenvalue weighted by atomic mass is 19.3. The van der Waals surface area contributed by atoms with Crippen molar-refractivity contribution >= 4 is 6.03 Å². The zero-order chi connectivity index (χ0) is 30.5. The molecule has 5 aliphatic rings. The summed E-state index contributed by atoms with van der Waals surface area (Å²) in [6.45, 7) is 10.2. The lowest BCUT2D eigenvalue weighted by molar-refractivity contribution is -0.129. The number of halogens is 3. The number of piperazine rings is 1. The van der Waals surface area contributed by atoms with Gasteiger partial charge in [0.1, 0.15) is 12.2 Å². The Bertz CT molecular complexity index is 1120. The molecular weight excluding hydrogens is 557 g/mol. The van der Waals surface area contributed by atoms with Gasteiger partial charge in [0.25, 0.3) is 5.92 Å². The van der Waals surface area contributed by atoms with Gasteiger partial charge < -0.3 is 14.3 Å². The number of amides is 2. The van der Waals surface area contributed by atoms with Crippen molar-refractivity contribution in [3.05, 3.63) is 11.7 Å². The number of likely N-dealkylation sites (tertiary alicyclic amines) is 1.